The van der Waals surface area contributed by atoms with Crippen molar-refractivity contribution in [2.24, 2.45) is 0 Å². The molecule has 0 heterocycles. The van der Waals surface area contributed by atoms with Gasteiger partial charge in [0.25, 0.3) is 10.0 Å². The zero-order chi connectivity index (χ0) is 24.0. The molecule has 0 saturated carbocycles. The second-order valence-electron chi connectivity index (χ2n) is 8.02. The first-order valence-corrected chi connectivity index (χ1v) is 12.3. The summed E-state index contributed by atoms with van der Waals surface area (Å²) in [4.78, 5) is 13.0. The lowest BCUT2D eigenvalue weighted by atomic mass is 10.1. The van der Waals surface area contributed by atoms with Crippen molar-refractivity contribution in [3.8, 4) is 5.75 Å². The Balaban J connectivity index is 1.83. The van der Waals surface area contributed by atoms with E-state index in [1.165, 1.54) is 4.31 Å². The van der Waals surface area contributed by atoms with Gasteiger partial charge in [-0.15, -0.1) is 0 Å². The fraction of sp³-hybridized carbons (Fsp3) is 0.269. The summed E-state index contributed by atoms with van der Waals surface area (Å²) >= 11 is 0. The highest BCUT2D eigenvalue weighted by Gasteiger charge is 2.27. The molecule has 3 aromatic rings. The van der Waals surface area contributed by atoms with Crippen molar-refractivity contribution >= 4 is 21.6 Å². The number of carbonyl (C=O) groups excluding carboxylic acids is 1. The van der Waals surface area contributed by atoms with Crippen molar-refractivity contribution in [3.63, 3.8) is 0 Å². The van der Waals surface area contributed by atoms with E-state index in [0.717, 1.165) is 28.0 Å². The summed E-state index contributed by atoms with van der Waals surface area (Å²) in [6.45, 7) is 8.16. The first-order valence-electron chi connectivity index (χ1n) is 10.8. The van der Waals surface area contributed by atoms with Crippen molar-refractivity contribution in [3.05, 3.63) is 89.0 Å². The maximum absolute atomic E-state index is 13.5. The highest BCUT2D eigenvalue weighted by atomic mass is 32.2. The van der Waals surface area contributed by atoms with Gasteiger partial charge in [0.2, 0.25) is 5.91 Å². The van der Waals surface area contributed by atoms with Gasteiger partial charge in [-0.25, -0.2) is 8.42 Å². The molecule has 0 saturated heterocycles. The molecular formula is C26H30N2O4S. The highest BCUT2D eigenvalue weighted by molar-refractivity contribution is 7.92. The van der Waals surface area contributed by atoms with E-state index in [2.05, 4.69) is 5.32 Å². The third-order valence-corrected chi connectivity index (χ3v) is 6.90. The molecule has 174 valence electrons. The van der Waals surface area contributed by atoms with Crippen molar-refractivity contribution in [1.82, 2.24) is 5.32 Å². The van der Waals surface area contributed by atoms with Crippen LogP contribution in [0, 0.1) is 20.8 Å². The van der Waals surface area contributed by atoms with Gasteiger partial charge >= 0.3 is 0 Å². The van der Waals surface area contributed by atoms with Gasteiger partial charge in [0.05, 0.1) is 17.2 Å². The van der Waals surface area contributed by atoms with Crippen LogP contribution in [0.4, 0.5) is 5.69 Å². The van der Waals surface area contributed by atoms with Crippen molar-refractivity contribution in [2.75, 3.05) is 17.5 Å². The fourth-order valence-electron chi connectivity index (χ4n) is 3.50. The third kappa shape index (κ3) is 6.35. The predicted octanol–water partition coefficient (Wildman–Crippen LogP) is 4.52. The van der Waals surface area contributed by atoms with Gasteiger partial charge in [-0.3, -0.25) is 9.10 Å². The smallest absolute Gasteiger partial charge is 0.264 e. The summed E-state index contributed by atoms with van der Waals surface area (Å²) in [5.74, 6) is 0.372. The number of sulfonamides is 1. The maximum Gasteiger partial charge on any atom is 0.264 e. The fourth-order valence-corrected chi connectivity index (χ4v) is 4.91. The van der Waals surface area contributed by atoms with E-state index in [1.54, 1.807) is 36.4 Å². The van der Waals surface area contributed by atoms with Crippen LogP contribution in [0.3, 0.4) is 0 Å². The Morgan fingerprint density at radius 2 is 1.48 bits per heavy atom. The minimum absolute atomic E-state index is 0.145. The number of rotatable bonds is 9. The van der Waals surface area contributed by atoms with E-state index in [0.29, 0.717) is 12.3 Å². The third-order valence-electron chi connectivity index (χ3n) is 5.11. The molecule has 3 rings (SSSR count). The molecule has 0 aliphatic heterocycles. The Bertz CT molecular complexity index is 1180. The van der Waals surface area contributed by atoms with Crippen LogP contribution in [0.25, 0.3) is 0 Å². The average molecular weight is 467 g/mol. The lowest BCUT2D eigenvalue weighted by molar-refractivity contribution is -0.119. The van der Waals surface area contributed by atoms with Crippen molar-refractivity contribution in [1.29, 1.82) is 0 Å². The van der Waals surface area contributed by atoms with Crippen LogP contribution in [-0.2, 0) is 21.4 Å². The highest BCUT2D eigenvalue weighted by Crippen LogP contribution is 2.26. The van der Waals surface area contributed by atoms with Crippen molar-refractivity contribution in [2.45, 2.75) is 39.1 Å². The summed E-state index contributed by atoms with van der Waals surface area (Å²) in [7, 11) is -3.94. The van der Waals surface area contributed by atoms with E-state index >= 15 is 0 Å². The topological polar surface area (TPSA) is 75.7 Å². The van der Waals surface area contributed by atoms with Gasteiger partial charge in [0.15, 0.2) is 0 Å². The average Bonchev–Trinajstić information content (AvgIpc) is 2.76. The quantitative estimate of drug-likeness (QED) is 0.503. The Morgan fingerprint density at radius 1 is 0.879 bits per heavy atom. The largest absolute Gasteiger partial charge is 0.494 e. The lowest BCUT2D eigenvalue weighted by Gasteiger charge is -2.25. The molecule has 6 nitrogen and oxygen atoms in total. The number of anilines is 1. The molecule has 1 amide bonds. The number of hydrogen-bond acceptors (Lipinski definition) is 4. The van der Waals surface area contributed by atoms with Crippen LogP contribution in [0.2, 0.25) is 0 Å². The zero-order valence-corrected chi connectivity index (χ0v) is 20.3. The molecule has 7 heteroatoms. The van der Waals surface area contributed by atoms with E-state index in [9.17, 15) is 13.2 Å². The predicted molar refractivity (Wildman–Crippen MR) is 131 cm³/mol. The number of carbonyl (C=O) groups is 1. The summed E-state index contributed by atoms with van der Waals surface area (Å²) in [6, 6.07) is 19.6. The van der Waals surface area contributed by atoms with Gasteiger partial charge in [-0.05, 0) is 80.8 Å². The second kappa shape index (κ2) is 10.5. The molecule has 0 radical (unpaired) electrons. The summed E-state index contributed by atoms with van der Waals surface area (Å²) < 4.78 is 33.6. The molecule has 0 spiro atoms. The Kier molecular flexibility index (Phi) is 7.76. The first kappa shape index (κ1) is 24.3. The number of nitrogens with one attached hydrogen (secondary N) is 1. The van der Waals surface area contributed by atoms with Gasteiger partial charge in [0, 0.05) is 6.54 Å². The molecule has 0 atom stereocenters. The molecule has 3 aromatic carbocycles. The minimum Gasteiger partial charge on any atom is -0.494 e. The number of nitrogens with zero attached hydrogens (tertiary/aromatic N) is 1. The number of benzene rings is 3. The molecule has 0 aromatic heterocycles. The molecule has 33 heavy (non-hydrogen) atoms. The molecule has 0 fully saturated rings. The van der Waals surface area contributed by atoms with Gasteiger partial charge in [-0.1, -0.05) is 35.9 Å². The maximum atomic E-state index is 13.5. The zero-order valence-electron chi connectivity index (χ0n) is 19.5. The molecule has 0 unspecified atom stereocenters. The van der Waals surface area contributed by atoms with Crippen LogP contribution in [0.15, 0.2) is 71.6 Å². The monoisotopic (exact) mass is 466 g/mol. The Hall–Kier alpha value is -3.32. The molecule has 0 aliphatic rings. The molecule has 0 aliphatic carbocycles. The van der Waals surface area contributed by atoms with Crippen LogP contribution in [0.1, 0.15) is 29.2 Å². The van der Waals surface area contributed by atoms with E-state index in [1.807, 2.05) is 58.0 Å². The van der Waals surface area contributed by atoms with Gasteiger partial charge in [0.1, 0.15) is 12.3 Å². The van der Waals surface area contributed by atoms with Crippen LogP contribution in [0.5, 0.6) is 5.75 Å². The van der Waals surface area contributed by atoms with Crippen LogP contribution in [-0.4, -0.2) is 27.5 Å². The van der Waals surface area contributed by atoms with E-state index in [4.69, 9.17) is 4.74 Å². The number of aryl methyl sites for hydroxylation is 3. The Labute approximate surface area is 196 Å². The number of amides is 1. The molecule has 1 N–H and O–H groups in total. The lowest BCUT2D eigenvalue weighted by Crippen LogP contribution is -2.40. The Morgan fingerprint density at radius 3 is 2.06 bits per heavy atom. The van der Waals surface area contributed by atoms with E-state index < -0.39 is 15.9 Å². The molecule has 0 bridgehead atoms. The minimum atomic E-state index is -3.94. The second-order valence-corrected chi connectivity index (χ2v) is 9.89. The number of ether oxygens (including phenoxy) is 1. The van der Waals surface area contributed by atoms with Crippen LogP contribution >= 0.6 is 0 Å². The van der Waals surface area contributed by atoms with Crippen molar-refractivity contribution < 1.29 is 17.9 Å². The van der Waals surface area contributed by atoms with Gasteiger partial charge < -0.3 is 10.1 Å². The van der Waals surface area contributed by atoms with Gasteiger partial charge in [-0.2, -0.15) is 0 Å². The standard InChI is InChI=1S/C26H30N2O4S/c1-5-32-24-10-8-22(9-11-24)17-27-26(29)18-28(23-15-20(3)14-21(4)16-23)33(30,31)25-12-6-19(2)7-13-25/h6-16H,5,17-18H2,1-4H3,(H,27,29). The summed E-state index contributed by atoms with van der Waals surface area (Å²) in [5.41, 5.74) is 4.16. The SMILES string of the molecule is CCOc1ccc(CNC(=O)CN(c2cc(C)cc(C)c2)S(=O)(=O)c2ccc(C)cc2)cc1. The first-order chi connectivity index (χ1) is 15.7. The summed E-state index contributed by atoms with van der Waals surface area (Å²) in [5, 5.41) is 2.83. The molecular weight excluding hydrogens is 436 g/mol. The normalized spacial score (nSPS) is 11.2. The summed E-state index contributed by atoms with van der Waals surface area (Å²) in [6.07, 6.45) is 0. The van der Waals surface area contributed by atoms with E-state index in [-0.39, 0.29) is 18.0 Å². The van der Waals surface area contributed by atoms with Crippen LogP contribution < -0.4 is 14.4 Å². The number of hydrogen-bond donors (Lipinski definition) is 1.